The minimum Gasteiger partial charge on any atom is -0.360 e. The Balaban J connectivity index is 1.80. The van der Waals surface area contributed by atoms with E-state index in [1.807, 2.05) is 0 Å². The number of unbranched alkanes of at least 4 members (excludes halogenated alkanes) is 4. The molecule has 0 spiro atoms. The highest BCUT2D eigenvalue weighted by molar-refractivity contribution is 9.39. The molecule has 2 aliphatic heterocycles. The normalized spacial score (nSPS) is 26.9. The van der Waals surface area contributed by atoms with Crippen molar-refractivity contribution in [2.45, 2.75) is 84.9 Å². The molecular formula is C19H28Br3NO4. The van der Waals surface area contributed by atoms with Crippen LogP contribution in [0, 0.1) is 35.0 Å². The monoisotopic (exact) mass is 571 g/mol. The molecule has 2 bridgehead atoms. The molecule has 0 aromatic rings. The zero-order valence-corrected chi connectivity index (χ0v) is 20.3. The van der Waals surface area contributed by atoms with Crippen LogP contribution in [-0.2, 0) is 9.53 Å². The van der Waals surface area contributed by atoms with Crippen molar-refractivity contribution in [2.75, 3.05) is 0 Å². The van der Waals surface area contributed by atoms with Gasteiger partial charge in [0.2, 0.25) is 6.04 Å². The Morgan fingerprint density at radius 3 is 2.48 bits per heavy atom. The van der Waals surface area contributed by atoms with Gasteiger partial charge in [0.25, 0.3) is 0 Å². The molecule has 3 fully saturated rings. The fourth-order valence-electron chi connectivity index (χ4n) is 4.11. The highest BCUT2D eigenvalue weighted by Gasteiger charge is 2.51. The van der Waals surface area contributed by atoms with Crippen molar-refractivity contribution < 1.29 is 14.5 Å². The van der Waals surface area contributed by atoms with Gasteiger partial charge in [0.15, 0.2) is 11.9 Å². The lowest BCUT2D eigenvalue weighted by atomic mass is 9.73. The Morgan fingerprint density at radius 2 is 1.93 bits per heavy atom. The molecule has 0 N–H and O–H groups in total. The van der Waals surface area contributed by atoms with Crippen LogP contribution < -0.4 is 0 Å². The number of nitro groups is 1. The molecule has 0 aromatic heterocycles. The summed E-state index contributed by atoms with van der Waals surface area (Å²) in [5, 5.41) is 11.3. The number of hydrogen-bond donors (Lipinski definition) is 0. The van der Waals surface area contributed by atoms with Gasteiger partial charge in [-0.15, -0.1) is 0 Å². The van der Waals surface area contributed by atoms with Crippen LogP contribution >= 0.6 is 47.8 Å². The highest BCUT2D eigenvalue weighted by Crippen LogP contribution is 2.55. The molecule has 4 atom stereocenters. The number of ether oxygens (including phenoxy) is 1. The average molecular weight is 574 g/mol. The van der Waals surface area contributed by atoms with Crippen LogP contribution in [0.1, 0.15) is 70.6 Å². The number of carbonyl (C=O) groups is 1. The lowest BCUT2D eigenvalue weighted by Gasteiger charge is -2.48. The standard InChI is InChI=1S/C19H28Br3NO4/c1-2-3-4-5-6-7-14(23(25)26)9-10-16(24)18-13-8-11-17(27-18)15(12-13)19(20,21)22/h13-15,17H,1-12H2. The van der Waals surface area contributed by atoms with E-state index in [2.05, 4.69) is 54.7 Å². The second-order valence-corrected chi connectivity index (χ2v) is 14.6. The van der Waals surface area contributed by atoms with Gasteiger partial charge >= 0.3 is 0 Å². The number of carbonyl (C=O) groups excluding carboxylic acids is 1. The van der Waals surface area contributed by atoms with Gasteiger partial charge in [0, 0.05) is 30.1 Å². The fraction of sp³-hybridized carbons (Fsp3) is 0.842. The second-order valence-electron chi connectivity index (χ2n) is 7.64. The smallest absolute Gasteiger partial charge is 0.213 e. The SMILES string of the molecule is [CH2]CCCCCCC(CCC(=O)[C]1OC2CCC1CC2C(Br)(Br)Br)[N+](=O)[O-]. The van der Waals surface area contributed by atoms with Crippen LogP contribution in [0.5, 0.6) is 0 Å². The molecule has 154 valence electrons. The van der Waals surface area contributed by atoms with Crippen LogP contribution in [0.15, 0.2) is 0 Å². The van der Waals surface area contributed by atoms with E-state index >= 15 is 0 Å². The maximum Gasteiger partial charge on any atom is 0.213 e. The predicted octanol–water partition coefficient (Wildman–Crippen LogP) is 6.34. The van der Waals surface area contributed by atoms with Crippen molar-refractivity contribution >= 4 is 53.6 Å². The third-order valence-electron chi connectivity index (χ3n) is 5.67. The Bertz CT molecular complexity index is 512. The summed E-state index contributed by atoms with van der Waals surface area (Å²) in [4.78, 5) is 23.8. The van der Waals surface area contributed by atoms with Gasteiger partial charge in [-0.05, 0) is 31.6 Å². The predicted molar refractivity (Wildman–Crippen MR) is 117 cm³/mol. The van der Waals surface area contributed by atoms with Crippen LogP contribution in [0.4, 0.5) is 0 Å². The summed E-state index contributed by atoms with van der Waals surface area (Å²) in [6, 6.07) is -0.636. The largest absolute Gasteiger partial charge is 0.360 e. The number of rotatable bonds is 11. The first-order valence-electron chi connectivity index (χ1n) is 9.80. The van der Waals surface area contributed by atoms with Crippen molar-refractivity contribution in [1.82, 2.24) is 0 Å². The van der Waals surface area contributed by atoms with E-state index in [0.29, 0.717) is 18.9 Å². The van der Waals surface area contributed by atoms with E-state index in [1.54, 1.807) is 0 Å². The Morgan fingerprint density at radius 1 is 1.22 bits per heavy atom. The van der Waals surface area contributed by atoms with Crippen LogP contribution in [0.3, 0.4) is 0 Å². The minimum absolute atomic E-state index is 0.00792. The van der Waals surface area contributed by atoms with E-state index in [0.717, 1.165) is 51.4 Å². The van der Waals surface area contributed by atoms with Gasteiger partial charge < -0.3 is 4.74 Å². The molecule has 1 aliphatic carbocycles. The maximum absolute atomic E-state index is 12.7. The lowest BCUT2D eigenvalue weighted by Crippen LogP contribution is -2.49. The Labute approximate surface area is 187 Å². The zero-order valence-electron chi connectivity index (χ0n) is 15.5. The first kappa shape index (κ1) is 23.7. The molecule has 3 aliphatic rings. The van der Waals surface area contributed by atoms with Crippen molar-refractivity contribution in [3.8, 4) is 0 Å². The van der Waals surface area contributed by atoms with Gasteiger partial charge in [-0.1, -0.05) is 80.4 Å². The van der Waals surface area contributed by atoms with Gasteiger partial charge in [-0.2, -0.15) is 0 Å². The molecule has 2 saturated heterocycles. The summed E-state index contributed by atoms with van der Waals surface area (Å²) in [6.45, 7) is 3.81. The maximum atomic E-state index is 12.7. The molecule has 2 radical (unpaired) electrons. The molecule has 8 heteroatoms. The molecule has 1 saturated carbocycles. The zero-order chi connectivity index (χ0) is 20.0. The Kier molecular flexibility index (Phi) is 9.69. The number of fused-ring (bicyclic) bond motifs is 3. The third kappa shape index (κ3) is 7.03. The van der Waals surface area contributed by atoms with E-state index in [1.165, 1.54) is 0 Å². The summed E-state index contributed by atoms with van der Waals surface area (Å²) in [5.74, 6) is 0.310. The topological polar surface area (TPSA) is 69.4 Å². The summed E-state index contributed by atoms with van der Waals surface area (Å²) in [7, 11) is 0. The molecule has 5 nitrogen and oxygen atoms in total. The van der Waals surface area contributed by atoms with Gasteiger partial charge in [-0.25, -0.2) is 0 Å². The number of halogens is 3. The quantitative estimate of drug-likeness (QED) is 0.125. The number of Topliss-reactive ketones (excluding diaryl/α,β-unsaturated/α-hetero) is 1. The van der Waals surface area contributed by atoms with E-state index in [-0.39, 0.29) is 37.2 Å². The van der Waals surface area contributed by atoms with Crippen molar-refractivity contribution in [2.24, 2.45) is 11.8 Å². The molecule has 2 heterocycles. The third-order valence-corrected chi connectivity index (χ3v) is 7.44. The lowest BCUT2D eigenvalue weighted by molar-refractivity contribution is -0.524. The number of alkyl halides is 3. The minimum atomic E-state index is -0.636. The van der Waals surface area contributed by atoms with Gasteiger partial charge in [0.1, 0.15) is 2.14 Å². The fourth-order valence-corrected chi connectivity index (χ4v) is 5.55. The van der Waals surface area contributed by atoms with E-state index in [9.17, 15) is 14.9 Å². The molecule has 0 aromatic carbocycles. The molecule has 27 heavy (non-hydrogen) atoms. The van der Waals surface area contributed by atoms with Crippen molar-refractivity contribution in [1.29, 1.82) is 0 Å². The van der Waals surface area contributed by atoms with Crippen LogP contribution in [0.25, 0.3) is 0 Å². The summed E-state index contributed by atoms with van der Waals surface area (Å²) in [6.07, 6.45) is 9.23. The number of ketones is 1. The molecule has 4 unspecified atom stereocenters. The molecule has 3 rings (SSSR count). The summed E-state index contributed by atoms with van der Waals surface area (Å²) < 4.78 is 5.63. The average Bonchev–Trinajstić information content (AvgIpc) is 2.63. The Hall–Kier alpha value is 0.470. The number of hydrogen-bond acceptors (Lipinski definition) is 4. The second kappa shape index (κ2) is 11.0. The number of nitrogens with zero attached hydrogens (tertiary/aromatic N) is 1. The van der Waals surface area contributed by atoms with Gasteiger partial charge in [-0.3, -0.25) is 14.9 Å². The van der Waals surface area contributed by atoms with Crippen LogP contribution in [-0.4, -0.2) is 25.0 Å². The first-order chi connectivity index (χ1) is 12.7. The van der Waals surface area contributed by atoms with E-state index in [4.69, 9.17) is 4.74 Å². The molecular weight excluding hydrogens is 546 g/mol. The van der Waals surface area contributed by atoms with E-state index < -0.39 is 6.04 Å². The van der Waals surface area contributed by atoms with Gasteiger partial charge in [0.05, 0.1) is 6.10 Å². The van der Waals surface area contributed by atoms with Crippen LogP contribution in [0.2, 0.25) is 0 Å². The van der Waals surface area contributed by atoms with Crippen molar-refractivity contribution in [3.05, 3.63) is 23.1 Å². The highest BCUT2D eigenvalue weighted by atomic mass is 80.0. The summed E-state index contributed by atoms with van der Waals surface area (Å²) >= 11 is 10.8. The molecule has 0 amide bonds. The summed E-state index contributed by atoms with van der Waals surface area (Å²) in [5.41, 5.74) is 0. The van der Waals surface area contributed by atoms with Crippen molar-refractivity contribution in [3.63, 3.8) is 0 Å². The first-order valence-corrected chi connectivity index (χ1v) is 12.2.